The molecule has 3 nitrogen and oxygen atoms in total. The number of nitrogens with two attached hydrogens (primary N) is 1. The van der Waals surface area contributed by atoms with Gasteiger partial charge < -0.3 is 16.2 Å². The second-order valence-corrected chi connectivity index (χ2v) is 5.28. The molecule has 2 aromatic rings. The van der Waals surface area contributed by atoms with Crippen molar-refractivity contribution >= 4 is 11.4 Å². The highest BCUT2D eigenvalue weighted by molar-refractivity contribution is 5.48. The zero-order valence-electron chi connectivity index (χ0n) is 12.1. The molecule has 4 N–H and O–H groups in total. The zero-order valence-corrected chi connectivity index (χ0v) is 12.1. The van der Waals surface area contributed by atoms with E-state index >= 15 is 0 Å². The van der Waals surface area contributed by atoms with Crippen molar-refractivity contribution in [2.24, 2.45) is 0 Å². The van der Waals surface area contributed by atoms with E-state index in [0.717, 1.165) is 17.8 Å². The lowest BCUT2D eigenvalue weighted by Crippen LogP contribution is -2.08. The molecule has 1 atom stereocenters. The van der Waals surface area contributed by atoms with Gasteiger partial charge in [0.2, 0.25) is 0 Å². The van der Waals surface area contributed by atoms with E-state index in [1.54, 1.807) is 0 Å². The third kappa shape index (κ3) is 4.00. The molecule has 0 aliphatic heterocycles. The minimum Gasteiger partial charge on any atom is -0.399 e. The summed E-state index contributed by atoms with van der Waals surface area (Å²) >= 11 is 0. The van der Waals surface area contributed by atoms with Gasteiger partial charge in [0.25, 0.3) is 0 Å². The summed E-state index contributed by atoms with van der Waals surface area (Å²) in [5.74, 6) is 0. The predicted molar refractivity (Wildman–Crippen MR) is 84.8 cm³/mol. The van der Waals surface area contributed by atoms with Crippen molar-refractivity contribution in [1.82, 2.24) is 0 Å². The molecule has 0 saturated heterocycles. The highest BCUT2D eigenvalue weighted by Gasteiger charge is 2.07. The van der Waals surface area contributed by atoms with Crippen molar-refractivity contribution < 1.29 is 5.11 Å². The monoisotopic (exact) mass is 270 g/mol. The second-order valence-electron chi connectivity index (χ2n) is 5.28. The third-order valence-corrected chi connectivity index (χ3v) is 3.26. The molecule has 2 rings (SSSR count). The molecular weight excluding hydrogens is 248 g/mol. The van der Waals surface area contributed by atoms with Gasteiger partial charge in [0.05, 0.1) is 6.10 Å². The summed E-state index contributed by atoms with van der Waals surface area (Å²) in [5.41, 5.74) is 10.9. The van der Waals surface area contributed by atoms with Gasteiger partial charge in [0.1, 0.15) is 0 Å². The van der Waals surface area contributed by atoms with Gasteiger partial charge in [0, 0.05) is 17.9 Å². The fourth-order valence-corrected chi connectivity index (χ4v) is 2.36. The van der Waals surface area contributed by atoms with Crippen molar-refractivity contribution in [3.63, 3.8) is 0 Å². The minimum atomic E-state index is -0.489. The molecule has 0 bridgehead atoms. The van der Waals surface area contributed by atoms with Gasteiger partial charge in [-0.05, 0) is 61.2 Å². The highest BCUT2D eigenvalue weighted by atomic mass is 16.3. The van der Waals surface area contributed by atoms with Gasteiger partial charge in [-0.25, -0.2) is 0 Å². The maximum absolute atomic E-state index is 10.1. The summed E-state index contributed by atoms with van der Waals surface area (Å²) < 4.78 is 0. The van der Waals surface area contributed by atoms with Crippen molar-refractivity contribution in [2.75, 3.05) is 17.6 Å². The van der Waals surface area contributed by atoms with Gasteiger partial charge >= 0.3 is 0 Å². The van der Waals surface area contributed by atoms with Gasteiger partial charge in [-0.3, -0.25) is 0 Å². The number of nitrogen functional groups attached to an aromatic ring is 1. The van der Waals surface area contributed by atoms with Crippen molar-refractivity contribution in [3.8, 4) is 0 Å². The van der Waals surface area contributed by atoms with E-state index in [0.29, 0.717) is 12.1 Å². The molecule has 0 radical (unpaired) electrons. The van der Waals surface area contributed by atoms with Crippen LogP contribution in [0.4, 0.5) is 11.4 Å². The Balaban J connectivity index is 1.89. The van der Waals surface area contributed by atoms with E-state index in [9.17, 15) is 5.11 Å². The van der Waals surface area contributed by atoms with Crippen LogP contribution < -0.4 is 11.1 Å². The normalized spacial score (nSPS) is 12.2. The Bertz CT molecular complexity index is 561. The molecule has 0 aromatic heterocycles. The summed E-state index contributed by atoms with van der Waals surface area (Å²) in [6.07, 6.45) is 0.160. The Labute approximate surface area is 120 Å². The number of hydrogen-bond donors (Lipinski definition) is 3. The SMILES string of the molecule is Cc1cc(C)cc(NCCC(O)c2cccc(N)c2)c1. The van der Waals surface area contributed by atoms with E-state index in [1.807, 2.05) is 24.3 Å². The lowest BCUT2D eigenvalue weighted by Gasteiger charge is -2.13. The zero-order chi connectivity index (χ0) is 14.5. The average molecular weight is 270 g/mol. The minimum absolute atomic E-state index is 0.489. The number of anilines is 2. The Morgan fingerprint density at radius 2 is 1.80 bits per heavy atom. The fraction of sp³-hybridized carbons (Fsp3) is 0.294. The maximum Gasteiger partial charge on any atom is 0.0807 e. The standard InChI is InChI=1S/C17H22N2O/c1-12-8-13(2)10-16(9-12)19-7-6-17(20)14-4-3-5-15(18)11-14/h3-5,8-11,17,19-20H,6-7,18H2,1-2H3. The molecule has 0 heterocycles. The largest absolute Gasteiger partial charge is 0.399 e. The first-order valence-electron chi connectivity index (χ1n) is 6.90. The van der Waals surface area contributed by atoms with E-state index in [4.69, 9.17) is 5.73 Å². The number of nitrogens with one attached hydrogen (secondary N) is 1. The first-order chi connectivity index (χ1) is 9.54. The Hall–Kier alpha value is -2.00. The molecule has 106 valence electrons. The van der Waals surface area contributed by atoms with Crippen LogP contribution >= 0.6 is 0 Å². The quantitative estimate of drug-likeness (QED) is 0.730. The van der Waals surface area contributed by atoms with Crippen molar-refractivity contribution in [3.05, 3.63) is 59.2 Å². The number of benzene rings is 2. The fourth-order valence-electron chi connectivity index (χ4n) is 2.36. The molecule has 0 saturated carbocycles. The molecule has 1 unspecified atom stereocenters. The van der Waals surface area contributed by atoms with Gasteiger partial charge in [-0.15, -0.1) is 0 Å². The van der Waals surface area contributed by atoms with Crippen LogP contribution in [-0.2, 0) is 0 Å². The molecule has 20 heavy (non-hydrogen) atoms. The van der Waals surface area contributed by atoms with Crippen LogP contribution in [0.3, 0.4) is 0 Å². The van der Waals surface area contributed by atoms with Crippen LogP contribution in [0.2, 0.25) is 0 Å². The number of aryl methyl sites for hydroxylation is 2. The van der Waals surface area contributed by atoms with E-state index < -0.39 is 6.10 Å². The summed E-state index contributed by atoms with van der Waals surface area (Å²) in [7, 11) is 0. The molecular formula is C17H22N2O. The van der Waals surface area contributed by atoms with Crippen LogP contribution in [0.1, 0.15) is 29.2 Å². The Morgan fingerprint density at radius 1 is 1.10 bits per heavy atom. The number of hydrogen-bond acceptors (Lipinski definition) is 3. The van der Waals surface area contributed by atoms with Crippen LogP contribution in [-0.4, -0.2) is 11.7 Å². The number of aliphatic hydroxyl groups excluding tert-OH is 1. The smallest absolute Gasteiger partial charge is 0.0807 e. The van der Waals surface area contributed by atoms with Gasteiger partial charge in [0.15, 0.2) is 0 Å². The summed E-state index contributed by atoms with van der Waals surface area (Å²) in [4.78, 5) is 0. The number of rotatable bonds is 5. The van der Waals surface area contributed by atoms with Crippen molar-refractivity contribution in [2.45, 2.75) is 26.4 Å². The van der Waals surface area contributed by atoms with Crippen LogP contribution in [0, 0.1) is 13.8 Å². The maximum atomic E-state index is 10.1. The third-order valence-electron chi connectivity index (χ3n) is 3.26. The van der Waals surface area contributed by atoms with E-state index in [-0.39, 0.29) is 0 Å². The average Bonchev–Trinajstić information content (AvgIpc) is 2.37. The highest BCUT2D eigenvalue weighted by Crippen LogP contribution is 2.19. The first kappa shape index (κ1) is 14.4. The topological polar surface area (TPSA) is 58.3 Å². The van der Waals surface area contributed by atoms with Gasteiger partial charge in [-0.1, -0.05) is 18.2 Å². The molecule has 0 spiro atoms. The van der Waals surface area contributed by atoms with E-state index in [2.05, 4.69) is 37.4 Å². The molecule has 0 amide bonds. The van der Waals surface area contributed by atoms with Crippen LogP contribution in [0.5, 0.6) is 0 Å². The lowest BCUT2D eigenvalue weighted by molar-refractivity contribution is 0.172. The first-order valence-corrected chi connectivity index (χ1v) is 6.90. The Morgan fingerprint density at radius 3 is 2.45 bits per heavy atom. The predicted octanol–water partition coefficient (Wildman–Crippen LogP) is 3.42. The van der Waals surface area contributed by atoms with Gasteiger partial charge in [-0.2, -0.15) is 0 Å². The summed E-state index contributed by atoms with van der Waals surface area (Å²) in [6.45, 7) is 4.89. The second kappa shape index (κ2) is 6.44. The number of aliphatic hydroxyl groups is 1. The molecule has 0 aliphatic rings. The summed E-state index contributed by atoms with van der Waals surface area (Å²) in [6, 6.07) is 13.8. The Kier molecular flexibility index (Phi) is 4.64. The molecule has 0 aliphatic carbocycles. The molecule has 3 heteroatoms. The summed E-state index contributed by atoms with van der Waals surface area (Å²) in [5, 5.41) is 13.5. The van der Waals surface area contributed by atoms with Crippen LogP contribution in [0.25, 0.3) is 0 Å². The van der Waals surface area contributed by atoms with Crippen LogP contribution in [0.15, 0.2) is 42.5 Å². The van der Waals surface area contributed by atoms with Crippen molar-refractivity contribution in [1.29, 1.82) is 0 Å². The molecule has 0 fully saturated rings. The molecule has 2 aromatic carbocycles. The lowest BCUT2D eigenvalue weighted by atomic mass is 10.1. The van der Waals surface area contributed by atoms with E-state index in [1.165, 1.54) is 11.1 Å².